The number of nitro groups is 1. The van der Waals surface area contributed by atoms with Crippen LogP contribution in [0.3, 0.4) is 0 Å². The number of piperazine rings is 1. The second kappa shape index (κ2) is 12.2. The van der Waals surface area contributed by atoms with Crippen molar-refractivity contribution < 1.29 is 29.5 Å². The molecule has 180 valence electrons. The summed E-state index contributed by atoms with van der Waals surface area (Å²) in [6, 6.07) is 8.90. The van der Waals surface area contributed by atoms with Crippen LogP contribution < -0.4 is 4.74 Å². The Morgan fingerprint density at radius 1 is 1.03 bits per heavy atom. The molecule has 2 aromatic rings. The third-order valence-electron chi connectivity index (χ3n) is 5.24. The minimum absolute atomic E-state index is 0. The van der Waals surface area contributed by atoms with Gasteiger partial charge in [-0.15, -0.1) is 24.8 Å². The standard InChI is InChI=1S/C21H23N3O7.2ClH/c1-31-16-4-2-14(3-5-16)21(28)23-10-8-22(9-11-23)7-6-18(25)15-12-17(24(29)30)20(27)19(26)13-15;;/h2-5,12-13,26-27H,6-11H2,1H3;2*1H. The maximum Gasteiger partial charge on any atom is 0.315 e. The van der Waals surface area contributed by atoms with Gasteiger partial charge in [0.05, 0.1) is 12.0 Å². The number of ether oxygens (including phenoxy) is 1. The third kappa shape index (κ3) is 6.70. The molecule has 2 N–H and O–H groups in total. The smallest absolute Gasteiger partial charge is 0.315 e. The average Bonchev–Trinajstić information content (AvgIpc) is 2.78. The monoisotopic (exact) mass is 501 g/mol. The van der Waals surface area contributed by atoms with Gasteiger partial charge in [-0.05, 0) is 30.3 Å². The number of phenolic OH excluding ortho intramolecular Hbond substituents is 2. The molecule has 1 aliphatic rings. The van der Waals surface area contributed by atoms with Gasteiger partial charge in [0.15, 0.2) is 11.5 Å². The van der Waals surface area contributed by atoms with Crippen LogP contribution in [0.25, 0.3) is 0 Å². The lowest BCUT2D eigenvalue weighted by molar-refractivity contribution is -0.386. The number of hydrogen-bond acceptors (Lipinski definition) is 8. The Hall–Kier alpha value is -3.08. The number of nitro benzene ring substituents is 1. The molecule has 0 aliphatic carbocycles. The van der Waals surface area contributed by atoms with Crippen LogP contribution in [0.2, 0.25) is 0 Å². The molecule has 1 saturated heterocycles. The molecule has 10 nitrogen and oxygen atoms in total. The van der Waals surface area contributed by atoms with Gasteiger partial charge in [0.25, 0.3) is 5.91 Å². The van der Waals surface area contributed by atoms with Crippen molar-refractivity contribution in [1.82, 2.24) is 9.80 Å². The summed E-state index contributed by atoms with van der Waals surface area (Å²) in [5.74, 6) is -1.33. The molecule has 0 unspecified atom stereocenters. The van der Waals surface area contributed by atoms with E-state index in [2.05, 4.69) is 0 Å². The molecule has 12 heteroatoms. The van der Waals surface area contributed by atoms with E-state index < -0.39 is 22.1 Å². The van der Waals surface area contributed by atoms with Crippen LogP contribution in [-0.4, -0.2) is 76.5 Å². The Morgan fingerprint density at radius 3 is 2.18 bits per heavy atom. The maximum absolute atomic E-state index is 12.6. The van der Waals surface area contributed by atoms with Crippen molar-refractivity contribution in [2.75, 3.05) is 39.8 Å². The number of Topliss-reactive ketones (excluding diaryl/α,β-unsaturated/α-hetero) is 1. The summed E-state index contributed by atoms with van der Waals surface area (Å²) in [6.07, 6.45) is 0.0911. The van der Waals surface area contributed by atoms with Gasteiger partial charge in [-0.1, -0.05) is 0 Å². The number of methoxy groups -OCH3 is 1. The van der Waals surface area contributed by atoms with Crippen molar-refractivity contribution in [2.45, 2.75) is 6.42 Å². The molecule has 3 rings (SSSR count). The van der Waals surface area contributed by atoms with E-state index in [-0.39, 0.29) is 48.5 Å². The van der Waals surface area contributed by atoms with E-state index in [1.807, 2.05) is 4.90 Å². The number of benzene rings is 2. The predicted octanol–water partition coefficient (Wildman–Crippen LogP) is 2.89. The van der Waals surface area contributed by atoms with Crippen molar-refractivity contribution in [1.29, 1.82) is 0 Å². The number of amides is 1. The average molecular weight is 502 g/mol. The minimum Gasteiger partial charge on any atom is -0.504 e. The third-order valence-corrected chi connectivity index (χ3v) is 5.24. The fourth-order valence-corrected chi connectivity index (χ4v) is 3.40. The van der Waals surface area contributed by atoms with Crippen molar-refractivity contribution in [3.63, 3.8) is 0 Å². The number of halogens is 2. The number of carbonyl (C=O) groups excluding carboxylic acids is 2. The highest BCUT2D eigenvalue weighted by molar-refractivity contribution is 5.97. The molecule has 0 saturated carbocycles. The highest BCUT2D eigenvalue weighted by Gasteiger charge is 2.24. The van der Waals surface area contributed by atoms with E-state index in [4.69, 9.17) is 4.74 Å². The number of aromatic hydroxyl groups is 2. The topological polar surface area (TPSA) is 133 Å². The van der Waals surface area contributed by atoms with Gasteiger partial charge in [0, 0.05) is 56.3 Å². The van der Waals surface area contributed by atoms with Crippen LogP contribution >= 0.6 is 24.8 Å². The van der Waals surface area contributed by atoms with Gasteiger partial charge >= 0.3 is 5.69 Å². The van der Waals surface area contributed by atoms with Gasteiger partial charge in [0.2, 0.25) is 5.75 Å². The number of carbonyl (C=O) groups is 2. The molecule has 1 fully saturated rings. The highest BCUT2D eigenvalue weighted by atomic mass is 35.5. The lowest BCUT2D eigenvalue weighted by Crippen LogP contribution is -2.49. The first kappa shape index (κ1) is 28.0. The number of hydrogen-bond donors (Lipinski definition) is 2. The fourth-order valence-electron chi connectivity index (χ4n) is 3.40. The minimum atomic E-state index is -0.862. The maximum atomic E-state index is 12.6. The van der Waals surface area contributed by atoms with Gasteiger partial charge in [0.1, 0.15) is 5.75 Å². The van der Waals surface area contributed by atoms with Crippen molar-refractivity contribution in [3.05, 3.63) is 57.6 Å². The zero-order chi connectivity index (χ0) is 22.5. The summed E-state index contributed by atoms with van der Waals surface area (Å²) in [7, 11) is 1.56. The summed E-state index contributed by atoms with van der Waals surface area (Å²) in [4.78, 5) is 38.9. The van der Waals surface area contributed by atoms with Gasteiger partial charge < -0.3 is 19.8 Å². The van der Waals surface area contributed by atoms with Crippen molar-refractivity contribution in [2.24, 2.45) is 0 Å². The first-order valence-electron chi connectivity index (χ1n) is 9.69. The summed E-state index contributed by atoms with van der Waals surface area (Å²) < 4.78 is 5.10. The Labute approximate surface area is 202 Å². The Bertz CT molecular complexity index is 994. The van der Waals surface area contributed by atoms with Gasteiger partial charge in [-0.25, -0.2) is 0 Å². The molecule has 2 aromatic carbocycles. The molecular formula is C21H25Cl2N3O7. The molecule has 0 aromatic heterocycles. The van der Waals surface area contributed by atoms with Crippen LogP contribution in [0.1, 0.15) is 27.1 Å². The van der Waals surface area contributed by atoms with E-state index in [9.17, 15) is 29.9 Å². The number of phenols is 2. The van der Waals surface area contributed by atoms with Crippen LogP contribution in [-0.2, 0) is 0 Å². The molecule has 33 heavy (non-hydrogen) atoms. The first-order chi connectivity index (χ1) is 14.8. The lowest BCUT2D eigenvalue weighted by atomic mass is 10.1. The van der Waals surface area contributed by atoms with Gasteiger partial charge in [-0.2, -0.15) is 0 Å². The second-order valence-corrected chi connectivity index (χ2v) is 7.16. The highest BCUT2D eigenvalue weighted by Crippen LogP contribution is 2.36. The fraction of sp³-hybridized carbons (Fsp3) is 0.333. The normalized spacial score (nSPS) is 13.4. The van der Waals surface area contributed by atoms with Crippen LogP contribution in [0.5, 0.6) is 17.2 Å². The predicted molar refractivity (Wildman–Crippen MR) is 125 cm³/mol. The molecule has 1 aliphatic heterocycles. The zero-order valence-electron chi connectivity index (χ0n) is 17.8. The van der Waals surface area contributed by atoms with Crippen LogP contribution in [0.15, 0.2) is 36.4 Å². The summed E-state index contributed by atoms with van der Waals surface area (Å²) in [5.41, 5.74) is -0.164. The summed E-state index contributed by atoms with van der Waals surface area (Å²) in [6.45, 7) is 2.64. The Balaban J connectivity index is 0.00000272. The molecule has 1 heterocycles. The summed E-state index contributed by atoms with van der Waals surface area (Å²) in [5, 5.41) is 30.1. The molecular weight excluding hydrogens is 477 g/mol. The molecule has 0 atom stereocenters. The Kier molecular flexibility index (Phi) is 10.4. The SMILES string of the molecule is COc1ccc(C(=O)N2CCN(CCC(=O)c3cc(O)c(O)c([N+](=O)[O-])c3)CC2)cc1.Cl.Cl. The molecule has 0 spiro atoms. The summed E-state index contributed by atoms with van der Waals surface area (Å²) >= 11 is 0. The molecule has 0 bridgehead atoms. The van der Waals surface area contributed by atoms with E-state index in [0.717, 1.165) is 12.1 Å². The van der Waals surface area contributed by atoms with Gasteiger partial charge in [-0.3, -0.25) is 24.6 Å². The first-order valence-corrected chi connectivity index (χ1v) is 9.69. The van der Waals surface area contributed by atoms with E-state index in [0.29, 0.717) is 44.0 Å². The molecule has 1 amide bonds. The number of rotatable bonds is 7. The van der Waals surface area contributed by atoms with Crippen LogP contribution in [0.4, 0.5) is 5.69 Å². The van der Waals surface area contributed by atoms with Crippen LogP contribution in [0, 0.1) is 10.1 Å². The van der Waals surface area contributed by atoms with Crippen molar-refractivity contribution in [3.8, 4) is 17.2 Å². The van der Waals surface area contributed by atoms with E-state index in [1.54, 1.807) is 36.3 Å². The van der Waals surface area contributed by atoms with E-state index in [1.165, 1.54) is 0 Å². The number of nitrogens with zero attached hydrogens (tertiary/aromatic N) is 3. The lowest BCUT2D eigenvalue weighted by Gasteiger charge is -2.34. The Morgan fingerprint density at radius 2 is 1.64 bits per heavy atom. The number of ketones is 1. The largest absolute Gasteiger partial charge is 0.504 e. The van der Waals surface area contributed by atoms with E-state index >= 15 is 0 Å². The second-order valence-electron chi connectivity index (χ2n) is 7.16. The van der Waals surface area contributed by atoms with Crippen molar-refractivity contribution >= 4 is 42.2 Å². The quantitative estimate of drug-likeness (QED) is 0.256. The molecule has 0 radical (unpaired) electrons. The zero-order valence-corrected chi connectivity index (χ0v) is 19.4.